The maximum Gasteiger partial charge on any atom is 0.0867 e. The number of methoxy groups -OCH3 is 1. The Morgan fingerprint density at radius 1 is 1.39 bits per heavy atom. The second kappa shape index (κ2) is 8.37. The molecule has 0 spiro atoms. The number of benzene rings is 1. The summed E-state index contributed by atoms with van der Waals surface area (Å²) in [7, 11) is 1.62. The molecule has 18 heavy (non-hydrogen) atoms. The van der Waals surface area contributed by atoms with Crippen molar-refractivity contribution in [3.05, 3.63) is 23.8 Å². The molecule has 5 heteroatoms. The van der Waals surface area contributed by atoms with Gasteiger partial charge in [-0.2, -0.15) is 0 Å². The molecular formula is C13H21NO3S. The van der Waals surface area contributed by atoms with Gasteiger partial charge in [0.25, 0.3) is 0 Å². The van der Waals surface area contributed by atoms with Gasteiger partial charge in [0.15, 0.2) is 0 Å². The van der Waals surface area contributed by atoms with Crippen molar-refractivity contribution in [1.29, 1.82) is 0 Å². The SMILES string of the molecule is COCCOCC(O)CSc1ccc(C)cc1N. The van der Waals surface area contributed by atoms with Gasteiger partial charge < -0.3 is 20.3 Å². The van der Waals surface area contributed by atoms with E-state index in [4.69, 9.17) is 15.2 Å². The first-order valence-corrected chi connectivity index (χ1v) is 6.85. The molecule has 0 radical (unpaired) electrons. The highest BCUT2D eigenvalue weighted by molar-refractivity contribution is 7.99. The van der Waals surface area contributed by atoms with E-state index in [0.29, 0.717) is 25.6 Å². The number of nitrogens with two attached hydrogens (primary N) is 1. The van der Waals surface area contributed by atoms with E-state index in [-0.39, 0.29) is 0 Å². The van der Waals surface area contributed by atoms with E-state index in [1.807, 2.05) is 25.1 Å². The average molecular weight is 271 g/mol. The van der Waals surface area contributed by atoms with E-state index in [9.17, 15) is 5.11 Å². The Labute approximate surface area is 112 Å². The molecule has 0 aliphatic carbocycles. The van der Waals surface area contributed by atoms with Gasteiger partial charge in [-0.1, -0.05) is 6.07 Å². The third kappa shape index (κ3) is 5.73. The predicted molar refractivity (Wildman–Crippen MR) is 75.0 cm³/mol. The molecule has 1 aromatic carbocycles. The highest BCUT2D eigenvalue weighted by Crippen LogP contribution is 2.26. The summed E-state index contributed by atoms with van der Waals surface area (Å²) in [5.74, 6) is 0.570. The smallest absolute Gasteiger partial charge is 0.0867 e. The van der Waals surface area contributed by atoms with Crippen molar-refractivity contribution in [3.63, 3.8) is 0 Å². The van der Waals surface area contributed by atoms with Crippen LogP contribution in [0.5, 0.6) is 0 Å². The lowest BCUT2D eigenvalue weighted by molar-refractivity contribution is 0.0218. The number of ether oxygens (including phenoxy) is 2. The Kier molecular flexibility index (Phi) is 7.12. The van der Waals surface area contributed by atoms with E-state index in [1.54, 1.807) is 18.9 Å². The molecule has 1 unspecified atom stereocenters. The van der Waals surface area contributed by atoms with Gasteiger partial charge in [-0.25, -0.2) is 0 Å². The van der Waals surface area contributed by atoms with Crippen LogP contribution in [0.2, 0.25) is 0 Å². The number of aryl methyl sites for hydroxylation is 1. The molecule has 1 atom stereocenters. The molecule has 0 amide bonds. The molecule has 102 valence electrons. The molecule has 0 aromatic heterocycles. The number of rotatable bonds is 8. The first-order chi connectivity index (χ1) is 8.63. The molecule has 1 rings (SSSR count). The zero-order valence-electron chi connectivity index (χ0n) is 10.9. The van der Waals surface area contributed by atoms with Crippen molar-refractivity contribution in [2.24, 2.45) is 0 Å². The van der Waals surface area contributed by atoms with Gasteiger partial charge in [0.1, 0.15) is 0 Å². The zero-order valence-corrected chi connectivity index (χ0v) is 11.7. The molecule has 0 saturated carbocycles. The first-order valence-electron chi connectivity index (χ1n) is 5.87. The van der Waals surface area contributed by atoms with Crippen molar-refractivity contribution in [2.75, 3.05) is 38.4 Å². The molecule has 0 saturated heterocycles. The van der Waals surface area contributed by atoms with Crippen LogP contribution >= 0.6 is 11.8 Å². The van der Waals surface area contributed by atoms with E-state index < -0.39 is 6.10 Å². The van der Waals surface area contributed by atoms with Gasteiger partial charge in [-0.3, -0.25) is 0 Å². The second-order valence-corrected chi connectivity index (χ2v) is 5.14. The zero-order chi connectivity index (χ0) is 13.4. The minimum atomic E-state index is -0.493. The fourth-order valence-corrected chi connectivity index (χ4v) is 2.25. The normalized spacial score (nSPS) is 12.6. The van der Waals surface area contributed by atoms with Crippen LogP contribution in [0.4, 0.5) is 5.69 Å². The number of nitrogen functional groups attached to an aromatic ring is 1. The van der Waals surface area contributed by atoms with Crippen LogP contribution in [0.15, 0.2) is 23.1 Å². The number of anilines is 1. The standard InChI is InChI=1S/C13H21NO3S/c1-10-3-4-13(12(14)7-10)18-9-11(15)8-17-6-5-16-2/h3-4,7,11,15H,5-6,8-9,14H2,1-2H3. The van der Waals surface area contributed by atoms with Crippen LogP contribution in [0, 0.1) is 6.92 Å². The van der Waals surface area contributed by atoms with Crippen molar-refractivity contribution < 1.29 is 14.6 Å². The molecule has 0 bridgehead atoms. The lowest BCUT2D eigenvalue weighted by atomic mass is 10.2. The van der Waals surface area contributed by atoms with Gasteiger partial charge in [0, 0.05) is 23.4 Å². The van der Waals surface area contributed by atoms with Crippen LogP contribution in [0.1, 0.15) is 5.56 Å². The summed E-state index contributed by atoms with van der Waals surface area (Å²) in [6, 6.07) is 5.93. The summed E-state index contributed by atoms with van der Waals surface area (Å²) >= 11 is 1.54. The Morgan fingerprint density at radius 3 is 2.83 bits per heavy atom. The van der Waals surface area contributed by atoms with Gasteiger partial charge in [-0.15, -0.1) is 11.8 Å². The monoisotopic (exact) mass is 271 g/mol. The Bertz CT molecular complexity index is 360. The number of thioether (sulfide) groups is 1. The largest absolute Gasteiger partial charge is 0.398 e. The number of aliphatic hydroxyl groups is 1. The Hall–Kier alpha value is -0.750. The minimum Gasteiger partial charge on any atom is -0.398 e. The summed E-state index contributed by atoms with van der Waals surface area (Å²) in [5.41, 5.74) is 7.79. The van der Waals surface area contributed by atoms with E-state index in [1.165, 1.54) is 0 Å². The average Bonchev–Trinajstić information content (AvgIpc) is 2.33. The van der Waals surface area contributed by atoms with Crippen molar-refractivity contribution >= 4 is 17.4 Å². The first kappa shape index (κ1) is 15.3. The van der Waals surface area contributed by atoms with Crippen LogP contribution < -0.4 is 5.73 Å². The Balaban J connectivity index is 2.27. The van der Waals surface area contributed by atoms with Gasteiger partial charge >= 0.3 is 0 Å². The molecule has 0 fully saturated rings. The second-order valence-electron chi connectivity index (χ2n) is 4.07. The maximum absolute atomic E-state index is 9.73. The molecular weight excluding hydrogens is 250 g/mol. The maximum atomic E-state index is 9.73. The van der Waals surface area contributed by atoms with Gasteiger partial charge in [0.05, 0.1) is 25.9 Å². The van der Waals surface area contributed by atoms with Gasteiger partial charge in [-0.05, 0) is 24.6 Å². The molecule has 3 N–H and O–H groups in total. The van der Waals surface area contributed by atoms with Crippen molar-refractivity contribution in [1.82, 2.24) is 0 Å². The quantitative estimate of drug-likeness (QED) is 0.428. The fraction of sp³-hybridized carbons (Fsp3) is 0.538. The highest BCUT2D eigenvalue weighted by Gasteiger charge is 2.07. The third-order valence-electron chi connectivity index (χ3n) is 2.34. The van der Waals surface area contributed by atoms with Crippen LogP contribution in [-0.2, 0) is 9.47 Å². The Morgan fingerprint density at radius 2 is 2.17 bits per heavy atom. The third-order valence-corrected chi connectivity index (χ3v) is 3.57. The number of hydrogen-bond donors (Lipinski definition) is 2. The highest BCUT2D eigenvalue weighted by atomic mass is 32.2. The lowest BCUT2D eigenvalue weighted by Crippen LogP contribution is -2.19. The van der Waals surface area contributed by atoms with Gasteiger partial charge in [0.2, 0.25) is 0 Å². The summed E-state index contributed by atoms with van der Waals surface area (Å²) < 4.78 is 10.1. The molecule has 4 nitrogen and oxygen atoms in total. The molecule has 0 aliphatic heterocycles. The fourth-order valence-electron chi connectivity index (χ4n) is 1.40. The molecule has 1 aromatic rings. The van der Waals surface area contributed by atoms with Crippen LogP contribution in [0.3, 0.4) is 0 Å². The van der Waals surface area contributed by atoms with Crippen LogP contribution in [0.25, 0.3) is 0 Å². The summed E-state index contributed by atoms with van der Waals surface area (Å²) in [5, 5.41) is 9.73. The van der Waals surface area contributed by atoms with Crippen molar-refractivity contribution in [3.8, 4) is 0 Å². The summed E-state index contributed by atoms with van der Waals surface area (Å²) in [6.45, 7) is 3.38. The predicted octanol–water partition coefficient (Wildman–Crippen LogP) is 1.69. The van der Waals surface area contributed by atoms with E-state index >= 15 is 0 Å². The van der Waals surface area contributed by atoms with E-state index in [0.717, 1.165) is 16.1 Å². The summed E-state index contributed by atoms with van der Waals surface area (Å²) in [6.07, 6.45) is -0.493. The van der Waals surface area contributed by atoms with E-state index in [2.05, 4.69) is 0 Å². The topological polar surface area (TPSA) is 64.7 Å². The van der Waals surface area contributed by atoms with Crippen LogP contribution in [-0.4, -0.2) is 43.9 Å². The summed E-state index contributed by atoms with van der Waals surface area (Å²) in [4.78, 5) is 0.997. The molecule has 0 aliphatic rings. The minimum absolute atomic E-state index is 0.322. The number of aliphatic hydroxyl groups excluding tert-OH is 1. The van der Waals surface area contributed by atoms with Crippen molar-refractivity contribution in [2.45, 2.75) is 17.9 Å². The lowest BCUT2D eigenvalue weighted by Gasteiger charge is -2.12. The number of hydrogen-bond acceptors (Lipinski definition) is 5. The molecule has 0 heterocycles.